The summed E-state index contributed by atoms with van der Waals surface area (Å²) in [5.74, 6) is 2.02. The van der Waals surface area contributed by atoms with E-state index in [0.717, 1.165) is 29.9 Å². The molecule has 0 aliphatic heterocycles. The summed E-state index contributed by atoms with van der Waals surface area (Å²) < 4.78 is 5.03. The van der Waals surface area contributed by atoms with Crippen molar-refractivity contribution in [1.82, 2.24) is 0 Å². The SMILES string of the molecule is CC(C)=CCCC(C)C1CCC2(C)C3=C(CCC12C)C1(C)CCC(O)C(C)(C)C1CC3.COc1ccccc1C=CC(=O)O. The highest BCUT2D eigenvalue weighted by molar-refractivity contribution is 5.85. The number of carbonyl (C=O) groups is 1. The summed E-state index contributed by atoms with van der Waals surface area (Å²) in [4.78, 5) is 10.2. The molecule has 0 aromatic heterocycles. The molecule has 44 heavy (non-hydrogen) atoms. The number of ether oxygens (including phenoxy) is 1. The van der Waals surface area contributed by atoms with E-state index in [1.807, 2.05) is 23.3 Å². The summed E-state index contributed by atoms with van der Waals surface area (Å²) in [5, 5.41) is 19.2. The molecule has 4 aliphatic carbocycles. The van der Waals surface area contributed by atoms with E-state index in [1.54, 1.807) is 19.2 Å². The van der Waals surface area contributed by atoms with E-state index in [2.05, 4.69) is 61.5 Å². The first-order chi connectivity index (χ1) is 20.6. The van der Waals surface area contributed by atoms with Gasteiger partial charge in [-0.25, -0.2) is 4.79 Å². The molecule has 1 aromatic carbocycles. The number of aliphatic carboxylic acids is 1. The number of para-hydroxylation sites is 1. The van der Waals surface area contributed by atoms with E-state index in [-0.39, 0.29) is 11.5 Å². The van der Waals surface area contributed by atoms with Crippen molar-refractivity contribution < 1.29 is 19.7 Å². The van der Waals surface area contributed by atoms with E-state index in [0.29, 0.717) is 27.9 Å². The Kier molecular flexibility index (Phi) is 10.4. The molecule has 0 amide bonds. The maximum atomic E-state index is 10.8. The fraction of sp³-hybridized carbons (Fsp3) is 0.675. The molecule has 0 spiro atoms. The lowest BCUT2D eigenvalue weighted by molar-refractivity contribution is -0.131. The first-order valence-electron chi connectivity index (χ1n) is 17.2. The largest absolute Gasteiger partial charge is 0.496 e. The van der Waals surface area contributed by atoms with Crippen LogP contribution in [0.25, 0.3) is 6.08 Å². The predicted octanol–water partition coefficient (Wildman–Crippen LogP) is 10.3. The average Bonchev–Trinajstić information content (AvgIpc) is 3.25. The van der Waals surface area contributed by atoms with Crippen LogP contribution in [0.15, 0.2) is 53.1 Å². The Bertz CT molecular complexity index is 1280. The second kappa shape index (κ2) is 13.2. The predicted molar refractivity (Wildman–Crippen MR) is 183 cm³/mol. The molecule has 7 unspecified atom stereocenters. The van der Waals surface area contributed by atoms with Crippen LogP contribution in [0.3, 0.4) is 0 Å². The van der Waals surface area contributed by atoms with Gasteiger partial charge in [0, 0.05) is 11.6 Å². The van der Waals surface area contributed by atoms with E-state index >= 15 is 0 Å². The van der Waals surface area contributed by atoms with Crippen LogP contribution in [0.2, 0.25) is 0 Å². The minimum atomic E-state index is -0.967. The lowest BCUT2D eigenvalue weighted by atomic mass is 9.43. The number of hydrogen-bond acceptors (Lipinski definition) is 3. The molecular weight excluding hydrogens is 544 g/mol. The molecule has 1 aromatic rings. The Labute approximate surface area is 268 Å². The van der Waals surface area contributed by atoms with Crippen LogP contribution in [0, 0.1) is 39.4 Å². The molecule has 4 heteroatoms. The van der Waals surface area contributed by atoms with Crippen molar-refractivity contribution in [3.05, 3.63) is 58.7 Å². The number of benzene rings is 1. The normalized spacial score (nSPS) is 34.6. The van der Waals surface area contributed by atoms with Gasteiger partial charge in [0.2, 0.25) is 0 Å². The molecule has 2 N–H and O–H groups in total. The van der Waals surface area contributed by atoms with Crippen molar-refractivity contribution in [2.75, 3.05) is 7.11 Å². The Hall–Kier alpha value is -2.33. The minimum Gasteiger partial charge on any atom is -0.496 e. The highest BCUT2D eigenvalue weighted by atomic mass is 16.5. The second-order valence-electron chi connectivity index (χ2n) is 16.0. The number of carboxylic acids is 1. The standard InChI is InChI=1S/C30H50O.C10H10O3/c1-20(2)10-9-11-21(3)22-14-18-30(8)24-12-13-25-27(4,5)26(31)16-17-28(25,6)23(24)15-19-29(22,30)7;1-13-9-5-3-2-4-8(9)6-7-10(11)12/h10,21-22,25-26,31H,9,11-19H2,1-8H3;2-7H,1H3,(H,11,12). The molecule has 0 saturated heterocycles. The van der Waals surface area contributed by atoms with Gasteiger partial charge in [0.1, 0.15) is 5.75 Å². The van der Waals surface area contributed by atoms with E-state index < -0.39 is 5.97 Å². The molecule has 244 valence electrons. The number of aliphatic hydroxyl groups is 1. The van der Waals surface area contributed by atoms with Gasteiger partial charge in [-0.1, -0.05) is 82.5 Å². The number of aliphatic hydroxyl groups excluding tert-OH is 1. The van der Waals surface area contributed by atoms with Crippen molar-refractivity contribution in [1.29, 1.82) is 0 Å². The average molecular weight is 605 g/mol. The summed E-state index contributed by atoms with van der Waals surface area (Å²) >= 11 is 0. The van der Waals surface area contributed by atoms with Gasteiger partial charge in [-0.2, -0.15) is 0 Å². The zero-order chi connectivity index (χ0) is 32.5. The highest BCUT2D eigenvalue weighted by Gasteiger charge is 2.63. The van der Waals surface area contributed by atoms with E-state index in [1.165, 1.54) is 69.4 Å². The number of hydrogen-bond donors (Lipinski definition) is 2. The molecule has 4 aliphatic rings. The molecule has 5 rings (SSSR count). The zero-order valence-corrected chi connectivity index (χ0v) is 29.1. The molecule has 2 fully saturated rings. The smallest absolute Gasteiger partial charge is 0.328 e. The van der Waals surface area contributed by atoms with Crippen molar-refractivity contribution in [3.8, 4) is 5.75 Å². The minimum absolute atomic E-state index is 0.0465. The third-order valence-electron chi connectivity index (χ3n) is 13.2. The number of rotatable bonds is 7. The molecule has 0 bridgehead atoms. The van der Waals surface area contributed by atoms with E-state index in [9.17, 15) is 9.90 Å². The topological polar surface area (TPSA) is 66.8 Å². The Balaban J connectivity index is 0.000000285. The Morgan fingerprint density at radius 2 is 1.70 bits per heavy atom. The molecule has 0 radical (unpaired) electrons. The highest BCUT2D eigenvalue weighted by Crippen LogP contribution is 2.72. The first-order valence-corrected chi connectivity index (χ1v) is 17.2. The molecule has 0 heterocycles. The first kappa shape index (κ1) is 34.5. The quantitative estimate of drug-likeness (QED) is 0.240. The van der Waals surface area contributed by atoms with Gasteiger partial charge in [-0.3, -0.25) is 0 Å². The van der Waals surface area contributed by atoms with Gasteiger partial charge < -0.3 is 14.9 Å². The summed E-state index contributed by atoms with van der Waals surface area (Å²) in [6.07, 6.45) is 17.7. The van der Waals surface area contributed by atoms with E-state index in [4.69, 9.17) is 9.84 Å². The lowest BCUT2D eigenvalue weighted by Crippen LogP contribution is -2.55. The van der Waals surface area contributed by atoms with Crippen LogP contribution in [-0.4, -0.2) is 29.4 Å². The fourth-order valence-electron chi connectivity index (χ4n) is 10.4. The maximum Gasteiger partial charge on any atom is 0.328 e. The third-order valence-corrected chi connectivity index (χ3v) is 13.2. The molecular formula is C40H60O4. The Morgan fingerprint density at radius 3 is 2.36 bits per heavy atom. The number of fused-ring (bicyclic) bond motifs is 4. The van der Waals surface area contributed by atoms with Crippen molar-refractivity contribution in [2.45, 2.75) is 126 Å². The van der Waals surface area contributed by atoms with Crippen LogP contribution in [0.5, 0.6) is 5.75 Å². The molecule has 4 nitrogen and oxygen atoms in total. The number of allylic oxidation sites excluding steroid dienone is 4. The second-order valence-corrected chi connectivity index (χ2v) is 16.0. The fourth-order valence-corrected chi connectivity index (χ4v) is 10.4. The van der Waals surface area contributed by atoms with Gasteiger partial charge in [0.15, 0.2) is 0 Å². The third kappa shape index (κ3) is 6.22. The van der Waals surface area contributed by atoms with Gasteiger partial charge in [-0.15, -0.1) is 0 Å². The maximum absolute atomic E-state index is 10.8. The van der Waals surface area contributed by atoms with Crippen molar-refractivity contribution in [2.24, 2.45) is 39.4 Å². The van der Waals surface area contributed by atoms with Crippen LogP contribution >= 0.6 is 0 Å². The molecule has 2 saturated carbocycles. The van der Waals surface area contributed by atoms with Gasteiger partial charge in [-0.05, 0) is 130 Å². The van der Waals surface area contributed by atoms with Crippen molar-refractivity contribution >= 4 is 12.0 Å². The zero-order valence-electron chi connectivity index (χ0n) is 29.1. The number of methoxy groups -OCH3 is 1. The van der Waals surface area contributed by atoms with Crippen LogP contribution < -0.4 is 4.74 Å². The summed E-state index contributed by atoms with van der Waals surface area (Å²) in [6.45, 7) is 19.6. The van der Waals surface area contributed by atoms with Crippen LogP contribution in [0.4, 0.5) is 0 Å². The van der Waals surface area contributed by atoms with Crippen LogP contribution in [0.1, 0.15) is 125 Å². The van der Waals surface area contributed by atoms with Crippen molar-refractivity contribution in [3.63, 3.8) is 0 Å². The van der Waals surface area contributed by atoms with Gasteiger partial charge in [0.25, 0.3) is 0 Å². The Morgan fingerprint density at radius 1 is 1.00 bits per heavy atom. The van der Waals surface area contributed by atoms with Crippen LogP contribution in [-0.2, 0) is 4.79 Å². The summed E-state index contributed by atoms with van der Waals surface area (Å²) in [5.41, 5.74) is 7.17. The van der Waals surface area contributed by atoms with Gasteiger partial charge >= 0.3 is 5.97 Å². The summed E-state index contributed by atoms with van der Waals surface area (Å²) in [6, 6.07) is 7.22. The summed E-state index contributed by atoms with van der Waals surface area (Å²) in [7, 11) is 1.55. The van der Waals surface area contributed by atoms with Gasteiger partial charge in [0.05, 0.1) is 13.2 Å². The monoisotopic (exact) mass is 604 g/mol. The lowest BCUT2D eigenvalue weighted by Gasteiger charge is -2.62. The molecule has 7 atom stereocenters. The number of carboxylic acid groups (broad SMARTS) is 1.